The molecular weight excluding hydrogens is 226 g/mol. The molecule has 3 aliphatic rings. The van der Waals surface area contributed by atoms with Crippen LogP contribution in [0.3, 0.4) is 0 Å². The third-order valence-corrected chi connectivity index (χ3v) is 3.77. The van der Waals surface area contributed by atoms with E-state index >= 15 is 0 Å². The lowest BCUT2D eigenvalue weighted by molar-refractivity contribution is -0.156. The first-order valence-electron chi connectivity index (χ1n) is 5.73. The molecule has 6 nitrogen and oxygen atoms in total. The van der Waals surface area contributed by atoms with Crippen molar-refractivity contribution in [2.45, 2.75) is 32.0 Å². The fourth-order valence-electron chi connectivity index (χ4n) is 3.06. The minimum absolute atomic E-state index is 0.122. The van der Waals surface area contributed by atoms with Crippen molar-refractivity contribution in [1.29, 1.82) is 0 Å². The Bertz CT molecular complexity index is 379. The molecule has 3 aliphatic heterocycles. The summed E-state index contributed by atoms with van der Waals surface area (Å²) in [5.74, 6) is -1.71. The molecule has 0 aromatic carbocycles. The zero-order chi connectivity index (χ0) is 12.2. The van der Waals surface area contributed by atoms with Gasteiger partial charge in [0.1, 0.15) is 0 Å². The van der Waals surface area contributed by atoms with Crippen LogP contribution in [0.25, 0.3) is 0 Å². The SMILES string of the molecule is CC(=O)OCN1C(=O)C2C3CCC(O3)C2C1=O. The van der Waals surface area contributed by atoms with Crippen molar-refractivity contribution < 1.29 is 23.9 Å². The number of likely N-dealkylation sites (tertiary alicyclic amines) is 1. The Kier molecular flexibility index (Phi) is 2.22. The van der Waals surface area contributed by atoms with Crippen molar-refractivity contribution in [3.8, 4) is 0 Å². The number of rotatable bonds is 2. The molecule has 3 saturated heterocycles. The smallest absolute Gasteiger partial charge is 0.304 e. The molecule has 3 fully saturated rings. The van der Waals surface area contributed by atoms with E-state index in [1.807, 2.05) is 0 Å². The lowest BCUT2D eigenvalue weighted by atomic mass is 9.81. The minimum atomic E-state index is -0.498. The number of imide groups is 1. The molecule has 0 aromatic rings. The van der Waals surface area contributed by atoms with E-state index in [0.29, 0.717) is 0 Å². The molecular formula is C11H13NO5. The van der Waals surface area contributed by atoms with Gasteiger partial charge in [-0.05, 0) is 12.8 Å². The van der Waals surface area contributed by atoms with Gasteiger partial charge in [-0.15, -0.1) is 0 Å². The van der Waals surface area contributed by atoms with E-state index in [1.54, 1.807) is 0 Å². The topological polar surface area (TPSA) is 72.9 Å². The van der Waals surface area contributed by atoms with Crippen LogP contribution in [0.5, 0.6) is 0 Å². The van der Waals surface area contributed by atoms with Gasteiger partial charge in [0, 0.05) is 6.92 Å². The van der Waals surface area contributed by atoms with Gasteiger partial charge in [-0.1, -0.05) is 0 Å². The Morgan fingerprint density at radius 3 is 2.29 bits per heavy atom. The predicted molar refractivity (Wildman–Crippen MR) is 53.4 cm³/mol. The van der Waals surface area contributed by atoms with Crippen LogP contribution in [-0.2, 0) is 23.9 Å². The highest BCUT2D eigenvalue weighted by Gasteiger charge is 2.62. The summed E-state index contributed by atoms with van der Waals surface area (Å²) in [6.45, 7) is 0.984. The van der Waals surface area contributed by atoms with Gasteiger partial charge in [0.15, 0.2) is 6.73 Å². The predicted octanol–water partition coefficient (Wildman–Crippen LogP) is -0.331. The van der Waals surface area contributed by atoms with Crippen LogP contribution in [0.15, 0.2) is 0 Å². The second kappa shape index (κ2) is 3.53. The van der Waals surface area contributed by atoms with Crippen LogP contribution in [-0.4, -0.2) is 41.6 Å². The second-order valence-electron chi connectivity index (χ2n) is 4.71. The number of ether oxygens (including phenoxy) is 2. The van der Waals surface area contributed by atoms with Gasteiger partial charge in [-0.25, -0.2) is 4.90 Å². The van der Waals surface area contributed by atoms with Crippen molar-refractivity contribution in [3.63, 3.8) is 0 Å². The van der Waals surface area contributed by atoms with Crippen molar-refractivity contribution in [2.75, 3.05) is 6.73 Å². The van der Waals surface area contributed by atoms with Gasteiger partial charge in [0.05, 0.1) is 24.0 Å². The highest BCUT2D eigenvalue weighted by Crippen LogP contribution is 2.48. The lowest BCUT2D eigenvalue weighted by Gasteiger charge is -2.16. The first-order chi connectivity index (χ1) is 8.09. The van der Waals surface area contributed by atoms with Gasteiger partial charge in [0.2, 0.25) is 11.8 Å². The zero-order valence-electron chi connectivity index (χ0n) is 9.42. The van der Waals surface area contributed by atoms with Crippen molar-refractivity contribution in [3.05, 3.63) is 0 Å². The molecule has 17 heavy (non-hydrogen) atoms. The maximum atomic E-state index is 12.0. The maximum Gasteiger partial charge on any atom is 0.304 e. The van der Waals surface area contributed by atoms with Gasteiger partial charge in [0.25, 0.3) is 0 Å². The van der Waals surface area contributed by atoms with Crippen LogP contribution >= 0.6 is 0 Å². The van der Waals surface area contributed by atoms with E-state index in [1.165, 1.54) is 6.92 Å². The highest BCUT2D eigenvalue weighted by molar-refractivity contribution is 6.06. The third kappa shape index (κ3) is 1.40. The molecule has 3 heterocycles. The average molecular weight is 239 g/mol. The monoisotopic (exact) mass is 239 g/mol. The number of carbonyl (C=O) groups excluding carboxylic acids is 3. The Labute approximate surface area is 97.8 Å². The molecule has 3 rings (SSSR count). The van der Waals surface area contributed by atoms with Crippen molar-refractivity contribution in [1.82, 2.24) is 4.90 Å². The van der Waals surface area contributed by atoms with E-state index in [2.05, 4.69) is 0 Å². The van der Waals surface area contributed by atoms with E-state index in [9.17, 15) is 14.4 Å². The third-order valence-electron chi connectivity index (χ3n) is 3.77. The molecule has 92 valence electrons. The summed E-state index contributed by atoms with van der Waals surface area (Å²) in [4.78, 5) is 35.8. The van der Waals surface area contributed by atoms with Crippen LogP contribution in [0, 0.1) is 11.8 Å². The first kappa shape index (κ1) is 10.7. The molecule has 0 aromatic heterocycles. The summed E-state index contributed by atoms with van der Waals surface area (Å²) in [6.07, 6.45) is 1.44. The van der Waals surface area contributed by atoms with E-state index < -0.39 is 5.97 Å². The van der Waals surface area contributed by atoms with E-state index in [-0.39, 0.29) is 42.6 Å². The number of nitrogens with zero attached hydrogens (tertiary/aromatic N) is 1. The Morgan fingerprint density at radius 1 is 1.29 bits per heavy atom. The number of hydrogen-bond acceptors (Lipinski definition) is 5. The van der Waals surface area contributed by atoms with Gasteiger partial charge in [-0.2, -0.15) is 0 Å². The van der Waals surface area contributed by atoms with Crippen LogP contribution < -0.4 is 0 Å². The maximum absolute atomic E-state index is 12.0. The molecule has 0 radical (unpaired) electrons. The van der Waals surface area contributed by atoms with Gasteiger partial charge in [-0.3, -0.25) is 14.4 Å². The molecule has 0 aliphatic carbocycles. The molecule has 0 N–H and O–H groups in total. The molecule has 0 spiro atoms. The van der Waals surface area contributed by atoms with Gasteiger partial charge >= 0.3 is 5.97 Å². The largest absolute Gasteiger partial charge is 0.444 e. The number of amides is 2. The fourth-order valence-corrected chi connectivity index (χ4v) is 3.06. The summed E-state index contributed by atoms with van der Waals surface area (Å²) in [5.41, 5.74) is 0. The highest BCUT2D eigenvalue weighted by atomic mass is 16.5. The van der Waals surface area contributed by atoms with Crippen LogP contribution in [0.1, 0.15) is 19.8 Å². The summed E-state index contributed by atoms with van der Waals surface area (Å²) in [6, 6.07) is 0. The van der Waals surface area contributed by atoms with E-state index in [0.717, 1.165) is 17.7 Å². The van der Waals surface area contributed by atoms with Crippen LogP contribution in [0.4, 0.5) is 0 Å². The standard InChI is InChI=1S/C11H13NO5/c1-5(13)16-4-12-10(14)8-6-2-3-7(17-6)9(8)11(12)15/h6-9H,2-4H2,1H3. The summed E-state index contributed by atoms with van der Waals surface area (Å²) in [5, 5.41) is 0. The quantitative estimate of drug-likeness (QED) is 0.487. The molecule has 6 heteroatoms. The number of esters is 1. The Morgan fingerprint density at radius 2 is 1.82 bits per heavy atom. The minimum Gasteiger partial charge on any atom is -0.444 e. The normalized spacial score (nSPS) is 38.8. The Balaban J connectivity index is 1.78. The number of carbonyl (C=O) groups is 3. The molecule has 4 atom stereocenters. The van der Waals surface area contributed by atoms with Crippen molar-refractivity contribution in [2.24, 2.45) is 11.8 Å². The molecule has 0 saturated carbocycles. The average Bonchev–Trinajstić information content (AvgIpc) is 2.92. The van der Waals surface area contributed by atoms with Crippen molar-refractivity contribution >= 4 is 17.8 Å². The summed E-state index contributed by atoms with van der Waals surface area (Å²) < 4.78 is 10.3. The number of fused-ring (bicyclic) bond motifs is 5. The number of hydrogen-bond donors (Lipinski definition) is 0. The summed E-state index contributed by atoms with van der Waals surface area (Å²) in [7, 11) is 0. The zero-order valence-corrected chi connectivity index (χ0v) is 9.42. The fraction of sp³-hybridized carbons (Fsp3) is 0.727. The first-order valence-corrected chi connectivity index (χ1v) is 5.73. The van der Waals surface area contributed by atoms with Gasteiger partial charge < -0.3 is 9.47 Å². The lowest BCUT2D eigenvalue weighted by Crippen LogP contribution is -2.36. The summed E-state index contributed by atoms with van der Waals surface area (Å²) >= 11 is 0. The molecule has 2 bridgehead atoms. The Hall–Kier alpha value is -1.43. The van der Waals surface area contributed by atoms with E-state index in [4.69, 9.17) is 9.47 Å². The second-order valence-corrected chi connectivity index (χ2v) is 4.71. The van der Waals surface area contributed by atoms with Crippen LogP contribution in [0.2, 0.25) is 0 Å². The molecule has 2 amide bonds. The molecule has 4 unspecified atom stereocenters.